The van der Waals surface area contributed by atoms with E-state index in [1.54, 1.807) is 11.8 Å². The van der Waals surface area contributed by atoms with Gasteiger partial charge in [0.05, 0.1) is 0 Å². The lowest BCUT2D eigenvalue weighted by atomic mass is 9.90. The molecule has 2 aromatic rings. The summed E-state index contributed by atoms with van der Waals surface area (Å²) in [5.74, 6) is -0.339. The highest BCUT2D eigenvalue weighted by Crippen LogP contribution is 2.33. The van der Waals surface area contributed by atoms with E-state index in [-0.39, 0.29) is 5.91 Å². The van der Waals surface area contributed by atoms with Crippen LogP contribution in [0.5, 0.6) is 0 Å². The maximum atomic E-state index is 11.4. The number of nitrogens with two attached hydrogens (primary N) is 1. The van der Waals surface area contributed by atoms with Crippen molar-refractivity contribution in [2.24, 2.45) is 5.73 Å². The van der Waals surface area contributed by atoms with E-state index in [0.717, 1.165) is 31.6 Å². The molecule has 2 N–H and O–H groups in total. The Kier molecular flexibility index (Phi) is 12.8. The van der Waals surface area contributed by atoms with Crippen molar-refractivity contribution in [2.75, 3.05) is 13.2 Å². The van der Waals surface area contributed by atoms with Gasteiger partial charge >= 0.3 is 0 Å². The standard InChI is InChI=1S/C17H15NOS.C4H8O.2C2H6/c18-17(19)16-8-4-5-12-11-14(9-10-15(12)16)20-13-6-2-1-3-7-13;1-2-4-5-3-1;2*1-2/h1-3,6-11H,4-5H2,(H2,18,19);1-4H2;2*1-2H3. The Hall–Kier alpha value is -2.04. The van der Waals surface area contributed by atoms with E-state index >= 15 is 0 Å². The van der Waals surface area contributed by atoms with Crippen LogP contribution in [0.3, 0.4) is 0 Å². The van der Waals surface area contributed by atoms with Crippen LogP contribution in [0.15, 0.2) is 64.4 Å². The van der Waals surface area contributed by atoms with Crippen LogP contribution in [0.25, 0.3) is 5.57 Å². The maximum Gasteiger partial charge on any atom is 0.248 e. The number of ether oxygens (including phenoxy) is 1. The topological polar surface area (TPSA) is 52.3 Å². The van der Waals surface area contributed by atoms with Gasteiger partial charge in [-0.3, -0.25) is 4.79 Å². The molecule has 0 atom stereocenters. The van der Waals surface area contributed by atoms with Crippen molar-refractivity contribution in [1.82, 2.24) is 0 Å². The number of hydrogen-bond acceptors (Lipinski definition) is 3. The summed E-state index contributed by atoms with van der Waals surface area (Å²) in [5, 5.41) is 0. The number of primary amides is 1. The molecule has 4 rings (SSSR count). The predicted molar refractivity (Wildman–Crippen MR) is 125 cm³/mol. The Balaban J connectivity index is 0.000000395. The normalized spacial score (nSPS) is 13.9. The molecule has 1 amide bonds. The Labute approximate surface area is 180 Å². The fourth-order valence-electron chi connectivity index (χ4n) is 2.95. The molecular weight excluding hydrogens is 378 g/mol. The molecular formula is C25H35NO2S. The van der Waals surface area contributed by atoms with E-state index in [9.17, 15) is 4.79 Å². The minimum Gasteiger partial charge on any atom is -0.381 e. The van der Waals surface area contributed by atoms with Crippen LogP contribution in [0.4, 0.5) is 0 Å². The smallest absolute Gasteiger partial charge is 0.248 e. The number of allylic oxidation sites excluding steroid dienone is 1. The molecule has 0 saturated carbocycles. The zero-order valence-corrected chi connectivity index (χ0v) is 19.1. The number of rotatable bonds is 3. The highest BCUT2D eigenvalue weighted by molar-refractivity contribution is 7.99. The minimum absolute atomic E-state index is 0.339. The van der Waals surface area contributed by atoms with Crippen LogP contribution < -0.4 is 5.73 Å². The molecule has 0 aromatic heterocycles. The molecule has 4 heteroatoms. The van der Waals surface area contributed by atoms with Gasteiger partial charge in [0.1, 0.15) is 0 Å². The van der Waals surface area contributed by atoms with Crippen LogP contribution >= 0.6 is 11.8 Å². The summed E-state index contributed by atoms with van der Waals surface area (Å²) < 4.78 is 4.94. The van der Waals surface area contributed by atoms with Crippen molar-refractivity contribution < 1.29 is 9.53 Å². The van der Waals surface area contributed by atoms with Crippen molar-refractivity contribution in [2.45, 2.75) is 63.2 Å². The second-order valence-corrected chi connectivity index (χ2v) is 7.22. The third kappa shape index (κ3) is 8.46. The monoisotopic (exact) mass is 413 g/mol. The lowest BCUT2D eigenvalue weighted by Gasteiger charge is -2.16. The zero-order valence-electron chi connectivity index (χ0n) is 18.2. The first-order valence-electron chi connectivity index (χ1n) is 10.7. The number of carbonyl (C=O) groups excluding carboxylic acids is 1. The summed E-state index contributed by atoms with van der Waals surface area (Å²) in [6.07, 6.45) is 6.34. The second-order valence-electron chi connectivity index (χ2n) is 6.07. The third-order valence-electron chi connectivity index (χ3n) is 4.20. The van der Waals surface area contributed by atoms with Gasteiger partial charge in [-0.15, -0.1) is 0 Å². The summed E-state index contributed by atoms with van der Waals surface area (Å²) in [6, 6.07) is 16.5. The fraction of sp³-hybridized carbons (Fsp3) is 0.400. The largest absolute Gasteiger partial charge is 0.381 e. The van der Waals surface area contributed by atoms with Crippen LogP contribution in [-0.2, 0) is 16.0 Å². The number of amides is 1. The van der Waals surface area contributed by atoms with E-state index < -0.39 is 0 Å². The minimum atomic E-state index is -0.339. The van der Waals surface area contributed by atoms with Gasteiger partial charge in [0.25, 0.3) is 0 Å². The number of fused-ring (bicyclic) bond motifs is 1. The number of carbonyl (C=O) groups is 1. The van der Waals surface area contributed by atoms with Gasteiger partial charge in [-0.05, 0) is 61.1 Å². The van der Waals surface area contributed by atoms with Gasteiger partial charge in [0.15, 0.2) is 0 Å². The van der Waals surface area contributed by atoms with E-state index in [1.165, 1.54) is 28.2 Å². The summed E-state index contributed by atoms with van der Waals surface area (Å²) in [6.45, 7) is 10.0. The first-order valence-corrected chi connectivity index (χ1v) is 11.5. The molecule has 2 aliphatic rings. The molecule has 3 nitrogen and oxygen atoms in total. The summed E-state index contributed by atoms with van der Waals surface area (Å²) in [5.41, 5.74) is 8.28. The molecule has 29 heavy (non-hydrogen) atoms. The van der Waals surface area contributed by atoms with Gasteiger partial charge < -0.3 is 10.5 Å². The lowest BCUT2D eigenvalue weighted by Crippen LogP contribution is -2.16. The first kappa shape index (κ1) is 25.0. The molecule has 1 saturated heterocycles. The summed E-state index contributed by atoms with van der Waals surface area (Å²) in [4.78, 5) is 13.9. The highest BCUT2D eigenvalue weighted by Gasteiger charge is 2.16. The molecule has 0 bridgehead atoms. The Bertz CT molecular complexity index is 745. The van der Waals surface area contributed by atoms with Gasteiger partial charge in [0, 0.05) is 28.6 Å². The average Bonchev–Trinajstić information content (AvgIpc) is 3.37. The number of benzene rings is 2. The van der Waals surface area contributed by atoms with E-state index in [4.69, 9.17) is 10.5 Å². The van der Waals surface area contributed by atoms with Crippen molar-refractivity contribution in [3.63, 3.8) is 0 Å². The first-order chi connectivity index (χ1) is 14.2. The SMILES string of the molecule is C1CCOC1.CC.CC.NC(=O)C1=CCCc2cc(Sc3ccccc3)ccc21. The molecule has 0 radical (unpaired) electrons. The van der Waals surface area contributed by atoms with Gasteiger partial charge in [-0.25, -0.2) is 0 Å². The molecule has 1 aliphatic heterocycles. The van der Waals surface area contributed by atoms with Gasteiger partial charge in [-0.2, -0.15) is 0 Å². The quantitative estimate of drug-likeness (QED) is 0.624. The number of hydrogen-bond donors (Lipinski definition) is 1. The Morgan fingerprint density at radius 3 is 2.14 bits per heavy atom. The van der Waals surface area contributed by atoms with Crippen LogP contribution in [0.1, 0.15) is 58.1 Å². The van der Waals surface area contributed by atoms with E-state index in [1.807, 2.05) is 58.0 Å². The Morgan fingerprint density at radius 2 is 1.59 bits per heavy atom. The highest BCUT2D eigenvalue weighted by atomic mass is 32.2. The Morgan fingerprint density at radius 1 is 0.931 bits per heavy atom. The van der Waals surface area contributed by atoms with Gasteiger partial charge in [0.2, 0.25) is 5.91 Å². The molecule has 2 aromatic carbocycles. The molecule has 0 spiro atoms. The van der Waals surface area contributed by atoms with Crippen molar-refractivity contribution in [3.8, 4) is 0 Å². The summed E-state index contributed by atoms with van der Waals surface area (Å²) >= 11 is 1.73. The molecule has 1 aliphatic carbocycles. The lowest BCUT2D eigenvalue weighted by molar-refractivity contribution is -0.112. The molecule has 1 fully saturated rings. The van der Waals surface area contributed by atoms with E-state index in [0.29, 0.717) is 5.57 Å². The maximum absolute atomic E-state index is 11.4. The van der Waals surface area contributed by atoms with Gasteiger partial charge in [-0.1, -0.05) is 69.8 Å². The van der Waals surface area contributed by atoms with Crippen molar-refractivity contribution >= 4 is 23.2 Å². The average molecular weight is 414 g/mol. The van der Waals surface area contributed by atoms with Crippen molar-refractivity contribution in [1.29, 1.82) is 0 Å². The zero-order chi connectivity index (χ0) is 21.5. The van der Waals surface area contributed by atoms with Crippen LogP contribution in [0, 0.1) is 0 Å². The summed E-state index contributed by atoms with van der Waals surface area (Å²) in [7, 11) is 0. The van der Waals surface area contributed by atoms with E-state index in [2.05, 4.69) is 24.3 Å². The van der Waals surface area contributed by atoms with Crippen LogP contribution in [-0.4, -0.2) is 19.1 Å². The fourth-order valence-corrected chi connectivity index (χ4v) is 3.86. The predicted octanol–water partition coefficient (Wildman–Crippen LogP) is 6.50. The number of aryl methyl sites for hydroxylation is 1. The molecule has 0 unspecified atom stereocenters. The second kappa shape index (κ2) is 14.9. The third-order valence-corrected chi connectivity index (χ3v) is 5.20. The van der Waals surface area contributed by atoms with Crippen molar-refractivity contribution in [3.05, 3.63) is 65.7 Å². The molecule has 158 valence electrons. The van der Waals surface area contributed by atoms with Crippen LogP contribution in [0.2, 0.25) is 0 Å². The molecule has 1 heterocycles.